The molecule has 0 amide bonds. The molecule has 0 saturated heterocycles. The van der Waals surface area contributed by atoms with Gasteiger partial charge in [0.25, 0.3) is 0 Å². The summed E-state index contributed by atoms with van der Waals surface area (Å²) in [6, 6.07) is 3.78. The van der Waals surface area contributed by atoms with Gasteiger partial charge in [0.05, 0.1) is 16.3 Å². The van der Waals surface area contributed by atoms with E-state index in [0.29, 0.717) is 6.54 Å². The van der Waals surface area contributed by atoms with Crippen LogP contribution in [-0.2, 0) is 6.18 Å². The van der Waals surface area contributed by atoms with Crippen LogP contribution in [0.25, 0.3) is 0 Å². The van der Waals surface area contributed by atoms with Crippen LogP contribution >= 0.6 is 23.4 Å². The normalized spacial score (nSPS) is 11.6. The highest BCUT2D eigenvalue weighted by molar-refractivity contribution is 7.99. The molecule has 0 fully saturated rings. The molecule has 0 spiro atoms. The van der Waals surface area contributed by atoms with E-state index in [0.717, 1.165) is 17.6 Å². The second kappa shape index (κ2) is 6.40. The smallest absolute Gasteiger partial charge is 0.383 e. The molecule has 1 nitrogen and oxygen atoms in total. The molecular formula is C11H13ClF3NS. The molecule has 0 radical (unpaired) electrons. The van der Waals surface area contributed by atoms with Gasteiger partial charge in [-0.2, -0.15) is 24.9 Å². The highest BCUT2D eigenvalue weighted by atomic mass is 35.5. The Labute approximate surface area is 108 Å². The minimum atomic E-state index is -4.38. The maximum absolute atomic E-state index is 12.7. The van der Waals surface area contributed by atoms with E-state index in [2.05, 4.69) is 5.32 Å². The average Bonchev–Trinajstić information content (AvgIpc) is 2.24. The molecule has 0 aliphatic heterocycles. The van der Waals surface area contributed by atoms with Gasteiger partial charge in [-0.1, -0.05) is 24.6 Å². The van der Waals surface area contributed by atoms with Crippen LogP contribution in [0.4, 0.5) is 18.9 Å². The Morgan fingerprint density at radius 3 is 2.65 bits per heavy atom. The van der Waals surface area contributed by atoms with Gasteiger partial charge in [-0.3, -0.25) is 0 Å². The number of benzene rings is 1. The Morgan fingerprint density at radius 1 is 1.35 bits per heavy atom. The fourth-order valence-corrected chi connectivity index (χ4v) is 2.11. The van der Waals surface area contributed by atoms with E-state index in [9.17, 15) is 13.2 Å². The zero-order chi connectivity index (χ0) is 12.9. The second-order valence-corrected chi connectivity index (χ2v) is 5.08. The number of hydrogen-bond acceptors (Lipinski definition) is 2. The summed E-state index contributed by atoms with van der Waals surface area (Å²) in [7, 11) is 0. The SMILES string of the molecule is CCSCCNc1c(Cl)cccc1C(F)(F)F. The number of halogens is 4. The first-order valence-electron chi connectivity index (χ1n) is 5.14. The third-order valence-corrected chi connectivity index (χ3v) is 3.29. The standard InChI is InChI=1S/C11H13ClF3NS/c1-2-17-7-6-16-10-8(11(13,14)15)4-3-5-9(10)12/h3-5,16H,2,6-7H2,1H3. The molecule has 1 N–H and O–H groups in total. The van der Waals surface area contributed by atoms with E-state index in [1.807, 2.05) is 6.92 Å². The summed E-state index contributed by atoms with van der Waals surface area (Å²) in [5, 5.41) is 2.85. The van der Waals surface area contributed by atoms with Crippen molar-refractivity contribution in [2.75, 3.05) is 23.4 Å². The number of anilines is 1. The number of hydrogen-bond donors (Lipinski definition) is 1. The van der Waals surface area contributed by atoms with E-state index in [4.69, 9.17) is 11.6 Å². The van der Waals surface area contributed by atoms with Crippen LogP contribution in [0.1, 0.15) is 12.5 Å². The van der Waals surface area contributed by atoms with Crippen molar-refractivity contribution in [3.05, 3.63) is 28.8 Å². The van der Waals surface area contributed by atoms with Crippen molar-refractivity contribution in [2.45, 2.75) is 13.1 Å². The van der Waals surface area contributed by atoms with Crippen molar-refractivity contribution in [3.63, 3.8) is 0 Å². The topological polar surface area (TPSA) is 12.0 Å². The number of para-hydroxylation sites is 1. The predicted molar refractivity (Wildman–Crippen MR) is 67.9 cm³/mol. The van der Waals surface area contributed by atoms with Gasteiger partial charge < -0.3 is 5.32 Å². The Bertz CT molecular complexity index is 368. The highest BCUT2D eigenvalue weighted by Gasteiger charge is 2.34. The van der Waals surface area contributed by atoms with Crippen LogP contribution in [0.5, 0.6) is 0 Å². The van der Waals surface area contributed by atoms with Crippen molar-refractivity contribution in [3.8, 4) is 0 Å². The molecule has 17 heavy (non-hydrogen) atoms. The maximum atomic E-state index is 12.7. The lowest BCUT2D eigenvalue weighted by Crippen LogP contribution is -2.13. The van der Waals surface area contributed by atoms with E-state index in [-0.39, 0.29) is 10.7 Å². The lowest BCUT2D eigenvalue weighted by atomic mass is 10.1. The summed E-state index contributed by atoms with van der Waals surface area (Å²) in [6.07, 6.45) is -4.38. The summed E-state index contributed by atoms with van der Waals surface area (Å²) in [5.74, 6) is 1.69. The summed E-state index contributed by atoms with van der Waals surface area (Å²) in [4.78, 5) is 0. The predicted octanol–water partition coefficient (Wildman–Crippen LogP) is 4.52. The lowest BCUT2D eigenvalue weighted by Gasteiger charge is -2.15. The Kier molecular flexibility index (Phi) is 5.46. The first-order valence-corrected chi connectivity index (χ1v) is 6.67. The Balaban J connectivity index is 2.81. The summed E-state index contributed by atoms with van der Waals surface area (Å²) < 4.78 is 38.1. The first kappa shape index (κ1) is 14.5. The summed E-state index contributed by atoms with van der Waals surface area (Å²) >= 11 is 7.44. The van der Waals surface area contributed by atoms with E-state index >= 15 is 0 Å². The monoisotopic (exact) mass is 283 g/mol. The Hall–Kier alpha value is -0.550. The zero-order valence-corrected chi connectivity index (χ0v) is 10.8. The molecule has 0 bridgehead atoms. The number of thioether (sulfide) groups is 1. The van der Waals surface area contributed by atoms with Gasteiger partial charge in [-0.05, 0) is 17.9 Å². The molecule has 0 heterocycles. The second-order valence-electron chi connectivity index (χ2n) is 3.28. The van der Waals surface area contributed by atoms with E-state index < -0.39 is 11.7 Å². The summed E-state index contributed by atoms with van der Waals surface area (Å²) in [5.41, 5.74) is -0.745. The fraction of sp³-hybridized carbons (Fsp3) is 0.455. The molecular weight excluding hydrogens is 271 g/mol. The van der Waals surface area contributed by atoms with Crippen molar-refractivity contribution < 1.29 is 13.2 Å². The van der Waals surface area contributed by atoms with Gasteiger partial charge >= 0.3 is 6.18 Å². The molecule has 1 aromatic rings. The summed E-state index contributed by atoms with van der Waals surface area (Å²) in [6.45, 7) is 2.46. The number of nitrogens with one attached hydrogen (secondary N) is 1. The van der Waals surface area contributed by atoms with Crippen LogP contribution in [0, 0.1) is 0 Å². The van der Waals surface area contributed by atoms with Crippen molar-refractivity contribution in [1.29, 1.82) is 0 Å². The third-order valence-electron chi connectivity index (χ3n) is 2.07. The van der Waals surface area contributed by atoms with Crippen LogP contribution in [0.3, 0.4) is 0 Å². The maximum Gasteiger partial charge on any atom is 0.418 e. The number of rotatable bonds is 5. The minimum absolute atomic E-state index is 0.0293. The molecule has 1 rings (SSSR count). The van der Waals surface area contributed by atoms with Gasteiger partial charge in [-0.25, -0.2) is 0 Å². The quantitative estimate of drug-likeness (QED) is 0.797. The number of alkyl halides is 3. The van der Waals surface area contributed by atoms with E-state index in [1.54, 1.807) is 11.8 Å². The molecule has 0 saturated carbocycles. The molecule has 0 atom stereocenters. The van der Waals surface area contributed by atoms with Crippen molar-refractivity contribution in [2.24, 2.45) is 0 Å². The molecule has 0 aromatic heterocycles. The average molecular weight is 284 g/mol. The van der Waals surface area contributed by atoms with Crippen LogP contribution in [0.15, 0.2) is 18.2 Å². The Morgan fingerprint density at radius 2 is 2.06 bits per heavy atom. The molecule has 0 aliphatic rings. The van der Waals surface area contributed by atoms with Crippen molar-refractivity contribution >= 4 is 29.1 Å². The minimum Gasteiger partial charge on any atom is -0.383 e. The van der Waals surface area contributed by atoms with E-state index in [1.165, 1.54) is 12.1 Å². The lowest BCUT2D eigenvalue weighted by molar-refractivity contribution is -0.136. The van der Waals surface area contributed by atoms with Gasteiger partial charge in [-0.15, -0.1) is 0 Å². The largest absolute Gasteiger partial charge is 0.418 e. The molecule has 1 aromatic carbocycles. The highest BCUT2D eigenvalue weighted by Crippen LogP contribution is 2.38. The zero-order valence-electron chi connectivity index (χ0n) is 9.27. The third kappa shape index (κ3) is 4.32. The first-order chi connectivity index (χ1) is 7.96. The van der Waals surface area contributed by atoms with Gasteiger partial charge in [0, 0.05) is 12.3 Å². The molecule has 6 heteroatoms. The van der Waals surface area contributed by atoms with Crippen LogP contribution in [0.2, 0.25) is 5.02 Å². The molecule has 0 unspecified atom stereocenters. The van der Waals surface area contributed by atoms with Crippen LogP contribution < -0.4 is 5.32 Å². The van der Waals surface area contributed by atoms with Crippen LogP contribution in [-0.4, -0.2) is 18.1 Å². The molecule has 96 valence electrons. The van der Waals surface area contributed by atoms with Crippen molar-refractivity contribution in [1.82, 2.24) is 0 Å². The fourth-order valence-electron chi connectivity index (χ4n) is 1.33. The van der Waals surface area contributed by atoms with Gasteiger partial charge in [0.1, 0.15) is 0 Å². The molecule has 0 aliphatic carbocycles. The van der Waals surface area contributed by atoms with Gasteiger partial charge in [0.15, 0.2) is 0 Å². The van der Waals surface area contributed by atoms with Gasteiger partial charge in [0.2, 0.25) is 0 Å².